The van der Waals surface area contributed by atoms with E-state index in [9.17, 15) is 9.59 Å². The van der Waals surface area contributed by atoms with E-state index in [1.165, 1.54) is 14.2 Å². The molecule has 126 valence electrons. The highest BCUT2D eigenvalue weighted by Crippen LogP contribution is 2.20. The van der Waals surface area contributed by atoms with Crippen molar-refractivity contribution in [1.82, 2.24) is 10.6 Å². The van der Waals surface area contributed by atoms with Gasteiger partial charge >= 0.3 is 12.0 Å². The zero-order valence-electron chi connectivity index (χ0n) is 13.7. The number of esters is 1. The Kier molecular flexibility index (Phi) is 6.19. The molecule has 24 heavy (non-hydrogen) atoms. The number of nitrogens with one attached hydrogen (secondary N) is 2. The first-order valence-corrected chi connectivity index (χ1v) is 7.45. The maximum atomic E-state index is 11.8. The van der Waals surface area contributed by atoms with E-state index in [1.54, 1.807) is 18.2 Å². The van der Waals surface area contributed by atoms with Gasteiger partial charge in [0.1, 0.15) is 11.3 Å². The highest BCUT2D eigenvalue weighted by atomic mass is 16.5. The quantitative estimate of drug-likeness (QED) is 0.799. The number of methoxy groups -OCH3 is 2. The SMILES string of the molecule is COC(=O)c1cc(CNC(=O)NCc2ccccc2)ccc1OC. The van der Waals surface area contributed by atoms with E-state index in [-0.39, 0.29) is 12.6 Å². The van der Waals surface area contributed by atoms with Crippen LogP contribution < -0.4 is 15.4 Å². The standard InChI is InChI=1S/C18H20N2O4/c1-23-16-9-8-14(10-15(16)17(21)24-2)12-20-18(22)19-11-13-6-4-3-5-7-13/h3-10H,11-12H2,1-2H3,(H2,19,20,22). The monoisotopic (exact) mass is 328 g/mol. The number of urea groups is 1. The normalized spacial score (nSPS) is 9.92. The molecular weight excluding hydrogens is 308 g/mol. The molecule has 0 saturated carbocycles. The molecule has 0 spiro atoms. The summed E-state index contributed by atoms with van der Waals surface area (Å²) in [7, 11) is 2.79. The van der Waals surface area contributed by atoms with Gasteiger partial charge in [0.05, 0.1) is 14.2 Å². The minimum atomic E-state index is -0.484. The van der Waals surface area contributed by atoms with Gasteiger partial charge in [0, 0.05) is 13.1 Å². The van der Waals surface area contributed by atoms with E-state index in [4.69, 9.17) is 9.47 Å². The smallest absolute Gasteiger partial charge is 0.341 e. The van der Waals surface area contributed by atoms with Crippen LogP contribution in [0.2, 0.25) is 0 Å². The fraction of sp³-hybridized carbons (Fsp3) is 0.222. The lowest BCUT2D eigenvalue weighted by molar-refractivity contribution is 0.0597. The van der Waals surface area contributed by atoms with E-state index in [2.05, 4.69) is 10.6 Å². The molecule has 2 amide bonds. The molecule has 0 atom stereocenters. The van der Waals surface area contributed by atoms with Crippen molar-refractivity contribution in [2.75, 3.05) is 14.2 Å². The Labute approximate surface area is 140 Å². The first-order valence-electron chi connectivity index (χ1n) is 7.45. The molecule has 2 rings (SSSR count). The fourth-order valence-electron chi connectivity index (χ4n) is 2.16. The summed E-state index contributed by atoms with van der Waals surface area (Å²) >= 11 is 0. The van der Waals surface area contributed by atoms with Crippen molar-refractivity contribution in [1.29, 1.82) is 0 Å². The Morgan fingerprint density at radius 3 is 2.21 bits per heavy atom. The summed E-state index contributed by atoms with van der Waals surface area (Å²) in [5.41, 5.74) is 2.11. The van der Waals surface area contributed by atoms with Crippen LogP contribution in [-0.2, 0) is 17.8 Å². The average Bonchev–Trinajstić information content (AvgIpc) is 2.64. The van der Waals surface area contributed by atoms with Crippen LogP contribution in [0.15, 0.2) is 48.5 Å². The summed E-state index contributed by atoms with van der Waals surface area (Å²) < 4.78 is 9.86. The predicted octanol–water partition coefficient (Wildman–Crippen LogP) is 2.48. The third-order valence-electron chi connectivity index (χ3n) is 3.42. The maximum absolute atomic E-state index is 11.8. The summed E-state index contributed by atoms with van der Waals surface area (Å²) in [6.07, 6.45) is 0. The average molecular weight is 328 g/mol. The molecule has 6 nitrogen and oxygen atoms in total. The lowest BCUT2D eigenvalue weighted by atomic mass is 10.1. The number of carbonyl (C=O) groups excluding carboxylic acids is 2. The van der Waals surface area contributed by atoms with Gasteiger partial charge in [0.15, 0.2) is 0 Å². The molecule has 2 N–H and O–H groups in total. The van der Waals surface area contributed by atoms with Crippen LogP contribution in [0.5, 0.6) is 5.75 Å². The zero-order valence-corrected chi connectivity index (χ0v) is 13.7. The van der Waals surface area contributed by atoms with E-state index in [1.807, 2.05) is 30.3 Å². The third kappa shape index (κ3) is 4.74. The molecule has 0 radical (unpaired) electrons. The third-order valence-corrected chi connectivity index (χ3v) is 3.42. The summed E-state index contributed by atoms with van der Waals surface area (Å²) in [5, 5.41) is 5.52. The van der Waals surface area contributed by atoms with Gasteiger partial charge in [-0.05, 0) is 23.3 Å². The van der Waals surface area contributed by atoms with E-state index < -0.39 is 5.97 Å². The maximum Gasteiger partial charge on any atom is 0.341 e. The van der Waals surface area contributed by atoms with Crippen LogP contribution in [-0.4, -0.2) is 26.2 Å². The molecular formula is C18H20N2O4. The number of hydrogen-bond acceptors (Lipinski definition) is 4. The van der Waals surface area contributed by atoms with Crippen LogP contribution in [0.25, 0.3) is 0 Å². The van der Waals surface area contributed by atoms with Gasteiger partial charge in [-0.3, -0.25) is 0 Å². The van der Waals surface area contributed by atoms with Crippen LogP contribution >= 0.6 is 0 Å². The van der Waals surface area contributed by atoms with Gasteiger partial charge in [-0.2, -0.15) is 0 Å². The Morgan fingerprint density at radius 2 is 1.58 bits per heavy atom. The van der Waals surface area contributed by atoms with Crippen LogP contribution in [0, 0.1) is 0 Å². The molecule has 0 fully saturated rings. The first kappa shape index (κ1) is 17.3. The minimum Gasteiger partial charge on any atom is -0.496 e. The second-order valence-corrected chi connectivity index (χ2v) is 5.05. The molecule has 0 aliphatic rings. The second kappa shape index (κ2) is 8.57. The van der Waals surface area contributed by atoms with Crippen molar-refractivity contribution >= 4 is 12.0 Å². The molecule has 0 aliphatic carbocycles. The van der Waals surface area contributed by atoms with Gasteiger partial charge in [-0.25, -0.2) is 9.59 Å². The van der Waals surface area contributed by atoms with E-state index in [0.29, 0.717) is 17.9 Å². The molecule has 6 heteroatoms. The van der Waals surface area contributed by atoms with Gasteiger partial charge < -0.3 is 20.1 Å². The number of amides is 2. The van der Waals surface area contributed by atoms with E-state index >= 15 is 0 Å². The summed E-state index contributed by atoms with van der Waals surface area (Å²) in [4.78, 5) is 23.6. The van der Waals surface area contributed by atoms with Crippen molar-refractivity contribution in [3.05, 3.63) is 65.2 Å². The topological polar surface area (TPSA) is 76.7 Å². The lowest BCUT2D eigenvalue weighted by Gasteiger charge is -2.11. The zero-order chi connectivity index (χ0) is 17.4. The molecule has 0 unspecified atom stereocenters. The largest absolute Gasteiger partial charge is 0.496 e. The Hall–Kier alpha value is -3.02. The second-order valence-electron chi connectivity index (χ2n) is 5.05. The van der Waals surface area contributed by atoms with Gasteiger partial charge in [-0.15, -0.1) is 0 Å². The Bertz CT molecular complexity index is 701. The van der Waals surface area contributed by atoms with Crippen molar-refractivity contribution in [3.8, 4) is 5.75 Å². The van der Waals surface area contributed by atoms with Gasteiger partial charge in [0.25, 0.3) is 0 Å². The molecule has 0 aromatic heterocycles. The number of ether oxygens (including phenoxy) is 2. The summed E-state index contributed by atoms with van der Waals surface area (Å²) in [6.45, 7) is 0.733. The molecule has 0 bridgehead atoms. The fourth-order valence-corrected chi connectivity index (χ4v) is 2.16. The van der Waals surface area contributed by atoms with Crippen molar-refractivity contribution in [2.24, 2.45) is 0 Å². The van der Waals surface area contributed by atoms with Crippen molar-refractivity contribution in [3.63, 3.8) is 0 Å². The molecule has 0 aliphatic heterocycles. The van der Waals surface area contributed by atoms with Crippen molar-refractivity contribution in [2.45, 2.75) is 13.1 Å². The number of benzene rings is 2. The Balaban J connectivity index is 1.91. The first-order chi connectivity index (χ1) is 11.6. The van der Waals surface area contributed by atoms with Crippen LogP contribution in [0.4, 0.5) is 4.79 Å². The molecule has 2 aromatic carbocycles. The lowest BCUT2D eigenvalue weighted by Crippen LogP contribution is -2.34. The predicted molar refractivity (Wildman–Crippen MR) is 89.9 cm³/mol. The highest BCUT2D eigenvalue weighted by molar-refractivity contribution is 5.92. The van der Waals surface area contributed by atoms with Crippen LogP contribution in [0.3, 0.4) is 0 Å². The number of carbonyl (C=O) groups is 2. The summed E-state index contributed by atoms with van der Waals surface area (Å²) in [6, 6.07) is 14.4. The molecule has 2 aromatic rings. The summed E-state index contributed by atoms with van der Waals surface area (Å²) in [5.74, 6) is -0.0543. The Morgan fingerprint density at radius 1 is 0.917 bits per heavy atom. The molecule has 0 saturated heterocycles. The van der Waals surface area contributed by atoms with Gasteiger partial charge in [0.2, 0.25) is 0 Å². The van der Waals surface area contributed by atoms with Crippen molar-refractivity contribution < 1.29 is 19.1 Å². The number of hydrogen-bond donors (Lipinski definition) is 2. The van der Waals surface area contributed by atoms with Gasteiger partial charge in [-0.1, -0.05) is 36.4 Å². The van der Waals surface area contributed by atoms with E-state index in [0.717, 1.165) is 11.1 Å². The highest BCUT2D eigenvalue weighted by Gasteiger charge is 2.13. The number of rotatable bonds is 6. The molecule has 0 heterocycles. The minimum absolute atomic E-state index is 0.283. The van der Waals surface area contributed by atoms with Crippen LogP contribution in [0.1, 0.15) is 21.5 Å².